The quantitative estimate of drug-likeness (QED) is 0.432. The van der Waals surface area contributed by atoms with Gasteiger partial charge in [-0.05, 0) is 69.7 Å². The summed E-state index contributed by atoms with van der Waals surface area (Å²) in [6.07, 6.45) is 4.70. The molecule has 0 aliphatic carbocycles. The molecule has 6 nitrogen and oxygen atoms in total. The molecule has 0 radical (unpaired) electrons. The van der Waals surface area contributed by atoms with Crippen molar-refractivity contribution in [2.45, 2.75) is 64.6 Å². The number of nitrogens with one attached hydrogen (secondary N) is 1. The van der Waals surface area contributed by atoms with E-state index in [0.717, 1.165) is 37.1 Å². The van der Waals surface area contributed by atoms with Crippen molar-refractivity contribution in [2.24, 2.45) is 5.92 Å². The third-order valence-electron chi connectivity index (χ3n) is 5.96. The number of amides is 2. The number of likely N-dealkylation sites (tertiary alicyclic amines) is 1. The summed E-state index contributed by atoms with van der Waals surface area (Å²) in [6, 6.07) is 18.0. The largest absolute Gasteiger partial charge is 0.491 e. The van der Waals surface area contributed by atoms with Crippen LogP contribution in [-0.4, -0.2) is 41.7 Å². The van der Waals surface area contributed by atoms with Gasteiger partial charge in [-0.2, -0.15) is 0 Å². The molecule has 1 N–H and O–H groups in total. The highest BCUT2D eigenvalue weighted by Gasteiger charge is 2.38. The molecule has 1 aliphatic heterocycles. The van der Waals surface area contributed by atoms with Crippen molar-refractivity contribution < 1.29 is 19.1 Å². The number of rotatable bonds is 11. The number of nitrogens with zero attached hydrogens (tertiary/aromatic N) is 1. The van der Waals surface area contributed by atoms with Crippen LogP contribution in [0.15, 0.2) is 67.3 Å². The first-order valence-electron chi connectivity index (χ1n) is 12.4. The van der Waals surface area contributed by atoms with Gasteiger partial charge in [0.15, 0.2) is 0 Å². The first kappa shape index (κ1) is 26.3. The van der Waals surface area contributed by atoms with E-state index in [1.807, 2.05) is 74.2 Å². The van der Waals surface area contributed by atoms with Gasteiger partial charge in [-0.15, -0.1) is 6.58 Å². The van der Waals surface area contributed by atoms with Crippen LogP contribution in [0.1, 0.15) is 51.2 Å². The fraction of sp³-hybridized carbons (Fsp3) is 0.448. The SMILES string of the molecule is C=CC[C@@H]1C[C@@H](COc2cccc(CNC(=O)OC(C)(C)C)c2)N(CCCc2ccccc2)C1=O. The Morgan fingerprint density at radius 3 is 2.60 bits per heavy atom. The van der Waals surface area contributed by atoms with Crippen LogP contribution in [0, 0.1) is 5.92 Å². The summed E-state index contributed by atoms with van der Waals surface area (Å²) >= 11 is 0. The van der Waals surface area contributed by atoms with Crippen molar-refractivity contribution in [3.05, 3.63) is 78.4 Å². The van der Waals surface area contributed by atoms with E-state index >= 15 is 0 Å². The van der Waals surface area contributed by atoms with Crippen molar-refractivity contribution in [1.82, 2.24) is 10.2 Å². The van der Waals surface area contributed by atoms with Gasteiger partial charge in [0.1, 0.15) is 18.0 Å². The molecule has 1 heterocycles. The number of carbonyl (C=O) groups is 2. The normalized spacial score (nSPS) is 17.8. The molecule has 188 valence electrons. The number of benzene rings is 2. The monoisotopic (exact) mass is 478 g/mol. The highest BCUT2D eigenvalue weighted by Crippen LogP contribution is 2.29. The third kappa shape index (κ3) is 8.46. The molecule has 2 amide bonds. The molecule has 0 bridgehead atoms. The van der Waals surface area contributed by atoms with E-state index in [0.29, 0.717) is 19.6 Å². The van der Waals surface area contributed by atoms with Gasteiger partial charge < -0.3 is 19.7 Å². The second-order valence-electron chi connectivity index (χ2n) is 10.0. The maximum absolute atomic E-state index is 13.0. The Bertz CT molecular complexity index is 984. The predicted molar refractivity (Wildman–Crippen MR) is 138 cm³/mol. The van der Waals surface area contributed by atoms with Crippen LogP contribution in [-0.2, 0) is 22.5 Å². The summed E-state index contributed by atoms with van der Waals surface area (Å²) < 4.78 is 11.4. The highest BCUT2D eigenvalue weighted by atomic mass is 16.6. The van der Waals surface area contributed by atoms with Crippen molar-refractivity contribution in [3.8, 4) is 5.75 Å². The molecule has 0 spiro atoms. The van der Waals surface area contributed by atoms with E-state index in [4.69, 9.17) is 9.47 Å². The molecular formula is C29H38N2O4. The summed E-state index contributed by atoms with van der Waals surface area (Å²) in [5.41, 5.74) is 1.66. The minimum Gasteiger partial charge on any atom is -0.491 e. The van der Waals surface area contributed by atoms with Crippen LogP contribution in [0.2, 0.25) is 0 Å². The molecule has 2 aromatic rings. The van der Waals surface area contributed by atoms with Gasteiger partial charge >= 0.3 is 6.09 Å². The maximum atomic E-state index is 13.0. The summed E-state index contributed by atoms with van der Waals surface area (Å²) in [7, 11) is 0. The molecule has 1 fully saturated rings. The van der Waals surface area contributed by atoms with Crippen LogP contribution < -0.4 is 10.1 Å². The molecule has 0 saturated carbocycles. The Balaban J connectivity index is 1.55. The Kier molecular flexibility index (Phi) is 9.35. The lowest BCUT2D eigenvalue weighted by molar-refractivity contribution is -0.132. The Hall–Kier alpha value is -3.28. The average molecular weight is 479 g/mol. The number of carbonyl (C=O) groups excluding carboxylic acids is 2. The molecule has 6 heteroatoms. The first-order chi connectivity index (χ1) is 16.7. The van der Waals surface area contributed by atoms with Gasteiger partial charge in [-0.25, -0.2) is 4.79 Å². The minimum absolute atomic E-state index is 0.0258. The first-order valence-corrected chi connectivity index (χ1v) is 12.4. The lowest BCUT2D eigenvalue weighted by Gasteiger charge is -2.25. The molecule has 1 saturated heterocycles. The fourth-order valence-electron chi connectivity index (χ4n) is 4.34. The summed E-state index contributed by atoms with van der Waals surface area (Å²) in [6.45, 7) is 10.8. The highest BCUT2D eigenvalue weighted by molar-refractivity contribution is 5.81. The standard InChI is InChI=1S/C29H38N2O4/c1-5-11-24-19-25(31(27(24)32)17-10-15-22-12-7-6-8-13-22)21-34-26-16-9-14-23(18-26)20-30-28(33)35-29(2,3)4/h5-9,12-14,16,18,24-25H,1,10-11,15,17,19-21H2,2-4H3,(H,30,33)/t24-,25+/m1/s1. The van der Waals surface area contributed by atoms with E-state index in [-0.39, 0.29) is 17.9 Å². The fourth-order valence-corrected chi connectivity index (χ4v) is 4.34. The molecule has 2 atom stereocenters. The Labute approximate surface area is 209 Å². The summed E-state index contributed by atoms with van der Waals surface area (Å²) in [5.74, 6) is 0.890. The number of alkyl carbamates (subject to hydrolysis) is 1. The van der Waals surface area contributed by atoms with Gasteiger partial charge in [-0.3, -0.25) is 4.79 Å². The zero-order valence-electron chi connectivity index (χ0n) is 21.2. The van der Waals surface area contributed by atoms with E-state index in [1.54, 1.807) is 0 Å². The lowest BCUT2D eigenvalue weighted by Crippen LogP contribution is -2.38. The third-order valence-corrected chi connectivity index (χ3v) is 5.96. The smallest absolute Gasteiger partial charge is 0.407 e. The molecule has 0 unspecified atom stereocenters. The maximum Gasteiger partial charge on any atom is 0.407 e. The van der Waals surface area contributed by atoms with Gasteiger partial charge in [-0.1, -0.05) is 48.5 Å². The van der Waals surface area contributed by atoms with Crippen molar-refractivity contribution >= 4 is 12.0 Å². The molecular weight excluding hydrogens is 440 g/mol. The Morgan fingerprint density at radius 2 is 1.89 bits per heavy atom. The molecule has 0 aromatic heterocycles. The van der Waals surface area contributed by atoms with Gasteiger partial charge in [0.05, 0.1) is 6.04 Å². The van der Waals surface area contributed by atoms with E-state index < -0.39 is 11.7 Å². The van der Waals surface area contributed by atoms with Crippen LogP contribution in [0.3, 0.4) is 0 Å². The van der Waals surface area contributed by atoms with Crippen molar-refractivity contribution in [2.75, 3.05) is 13.2 Å². The number of hydrogen-bond donors (Lipinski definition) is 1. The van der Waals surface area contributed by atoms with E-state index in [2.05, 4.69) is 24.0 Å². The zero-order chi connectivity index (χ0) is 25.3. The topological polar surface area (TPSA) is 67.9 Å². The summed E-state index contributed by atoms with van der Waals surface area (Å²) in [4.78, 5) is 27.0. The summed E-state index contributed by atoms with van der Waals surface area (Å²) in [5, 5.41) is 2.77. The minimum atomic E-state index is -0.538. The van der Waals surface area contributed by atoms with Crippen molar-refractivity contribution in [3.63, 3.8) is 0 Å². The van der Waals surface area contributed by atoms with Crippen LogP contribution in [0.5, 0.6) is 5.75 Å². The zero-order valence-corrected chi connectivity index (χ0v) is 21.2. The molecule has 2 aromatic carbocycles. The molecule has 1 aliphatic rings. The molecule has 3 rings (SSSR count). The second-order valence-corrected chi connectivity index (χ2v) is 10.0. The number of allylic oxidation sites excluding steroid dienone is 1. The van der Waals surface area contributed by atoms with Crippen LogP contribution in [0.4, 0.5) is 4.79 Å². The predicted octanol–water partition coefficient (Wildman–Crippen LogP) is 5.52. The van der Waals surface area contributed by atoms with Gasteiger partial charge in [0, 0.05) is 19.0 Å². The molecule has 35 heavy (non-hydrogen) atoms. The Morgan fingerprint density at radius 1 is 1.14 bits per heavy atom. The number of aryl methyl sites for hydroxylation is 1. The lowest BCUT2D eigenvalue weighted by atomic mass is 10.0. The second kappa shape index (κ2) is 12.4. The average Bonchev–Trinajstić information content (AvgIpc) is 3.11. The van der Waals surface area contributed by atoms with Crippen LogP contribution in [0.25, 0.3) is 0 Å². The number of hydrogen-bond acceptors (Lipinski definition) is 4. The van der Waals surface area contributed by atoms with E-state index in [9.17, 15) is 9.59 Å². The van der Waals surface area contributed by atoms with Crippen LogP contribution >= 0.6 is 0 Å². The van der Waals surface area contributed by atoms with Gasteiger partial charge in [0.25, 0.3) is 0 Å². The van der Waals surface area contributed by atoms with Crippen molar-refractivity contribution in [1.29, 1.82) is 0 Å². The van der Waals surface area contributed by atoms with Gasteiger partial charge in [0.2, 0.25) is 5.91 Å². The number of ether oxygens (including phenoxy) is 2. The van der Waals surface area contributed by atoms with E-state index in [1.165, 1.54) is 5.56 Å².